The van der Waals surface area contributed by atoms with Gasteiger partial charge in [-0.15, -0.1) is 5.10 Å². The number of nitrogens with one attached hydrogen (secondary N) is 1. The molecule has 34 heavy (non-hydrogen) atoms. The molecule has 0 aliphatic carbocycles. The van der Waals surface area contributed by atoms with Gasteiger partial charge in [0.1, 0.15) is 5.82 Å². The Balaban J connectivity index is 1.93. The van der Waals surface area contributed by atoms with E-state index in [2.05, 4.69) is 20.4 Å². The molecule has 0 spiro atoms. The fraction of sp³-hybridized carbons (Fsp3) is 0.250. The number of hydrogen-bond acceptors (Lipinski definition) is 5. The number of aromatic nitrogens is 4. The molecule has 3 aromatic rings. The van der Waals surface area contributed by atoms with E-state index in [-0.39, 0.29) is 29.1 Å². The van der Waals surface area contributed by atoms with Gasteiger partial charge in [0, 0.05) is 11.8 Å². The Morgan fingerprint density at radius 3 is 2.06 bits per heavy atom. The lowest BCUT2D eigenvalue weighted by Crippen LogP contribution is -2.29. The summed E-state index contributed by atoms with van der Waals surface area (Å²) in [6.07, 6.45) is -9.15. The van der Waals surface area contributed by atoms with Crippen LogP contribution in [0.1, 0.15) is 56.5 Å². The van der Waals surface area contributed by atoms with Crippen LogP contribution in [0.4, 0.5) is 26.3 Å². The van der Waals surface area contributed by atoms with Gasteiger partial charge in [0.15, 0.2) is 11.6 Å². The van der Waals surface area contributed by atoms with Crippen LogP contribution in [0.3, 0.4) is 0 Å². The van der Waals surface area contributed by atoms with Gasteiger partial charge in [-0.2, -0.15) is 31.0 Å². The lowest BCUT2D eigenvalue weighted by molar-refractivity contribution is -0.143. The lowest BCUT2D eigenvalue weighted by atomic mass is 10.0. The normalized spacial score (nSPS) is 12.9. The first-order valence-electron chi connectivity index (χ1n) is 9.40. The van der Waals surface area contributed by atoms with Crippen molar-refractivity contribution in [2.24, 2.45) is 0 Å². The van der Waals surface area contributed by atoms with E-state index in [1.807, 2.05) is 0 Å². The number of hydrogen-bond donors (Lipinski definition) is 2. The quantitative estimate of drug-likeness (QED) is 0.522. The molecule has 0 radical (unpaired) electrons. The number of carboxylic acids is 1. The number of rotatable bonds is 5. The van der Waals surface area contributed by atoms with Gasteiger partial charge in [-0.05, 0) is 44.2 Å². The Bertz CT molecular complexity index is 1200. The first kappa shape index (κ1) is 24.7. The second-order valence-electron chi connectivity index (χ2n) is 7.13. The highest BCUT2D eigenvalue weighted by Crippen LogP contribution is 2.36. The lowest BCUT2D eigenvalue weighted by Gasteiger charge is -2.17. The van der Waals surface area contributed by atoms with Crippen LogP contribution in [-0.4, -0.2) is 36.7 Å². The van der Waals surface area contributed by atoms with Crippen molar-refractivity contribution in [3.05, 3.63) is 70.4 Å². The van der Waals surface area contributed by atoms with Crippen molar-refractivity contribution in [2.45, 2.75) is 32.2 Å². The maximum atomic E-state index is 13.1. The van der Waals surface area contributed by atoms with Crippen molar-refractivity contribution in [3.63, 3.8) is 0 Å². The smallest absolute Gasteiger partial charge is 0.416 e. The Hall–Kier alpha value is -3.97. The third-order valence-corrected chi connectivity index (χ3v) is 4.53. The molecule has 180 valence electrons. The van der Waals surface area contributed by atoms with Crippen LogP contribution in [0.15, 0.2) is 36.5 Å². The van der Waals surface area contributed by atoms with E-state index in [1.165, 1.54) is 30.7 Å². The van der Waals surface area contributed by atoms with Gasteiger partial charge in [0.05, 0.1) is 22.7 Å². The Morgan fingerprint density at radius 2 is 1.59 bits per heavy atom. The van der Waals surface area contributed by atoms with E-state index >= 15 is 0 Å². The minimum Gasteiger partial charge on any atom is -0.478 e. The predicted molar refractivity (Wildman–Crippen MR) is 103 cm³/mol. The molecule has 8 nitrogen and oxygen atoms in total. The molecule has 0 fully saturated rings. The number of nitrogens with zero attached hydrogens (tertiary/aromatic N) is 4. The number of carbonyl (C=O) groups excluding carboxylic acids is 1. The Labute approximate surface area is 187 Å². The van der Waals surface area contributed by atoms with Crippen molar-refractivity contribution in [3.8, 4) is 5.82 Å². The summed E-state index contributed by atoms with van der Waals surface area (Å²) in [6, 6.07) is 2.10. The van der Waals surface area contributed by atoms with E-state index in [1.54, 1.807) is 0 Å². The van der Waals surface area contributed by atoms with Gasteiger partial charge in [-0.3, -0.25) is 4.79 Å². The SMILES string of the molecule is Cc1nc(C(C)NC(=O)c2cc(C(F)(F)F)cc(C(F)(F)F)c2)n(-c2ccc(C(=O)O)cn2)n1. The Kier molecular flexibility index (Phi) is 6.35. The summed E-state index contributed by atoms with van der Waals surface area (Å²) in [6.45, 7) is 2.89. The first-order chi connectivity index (χ1) is 15.7. The molecular formula is C20H15F6N5O3. The number of carboxylic acid groups (broad SMARTS) is 1. The third-order valence-electron chi connectivity index (χ3n) is 4.53. The standard InChI is InChI=1S/C20H15F6N5O3/c1-9(16-29-10(2)30-31(16)15-4-3-11(8-27-15)18(33)34)28-17(32)12-5-13(19(21,22)23)7-14(6-12)20(24,25)26/h3-9H,1-2H3,(H,28,32)(H,33,34). The van der Waals surface area contributed by atoms with Crippen molar-refractivity contribution >= 4 is 11.9 Å². The molecular weight excluding hydrogens is 472 g/mol. The van der Waals surface area contributed by atoms with E-state index in [0.717, 1.165) is 6.20 Å². The number of alkyl halides is 6. The average molecular weight is 487 g/mol. The summed E-state index contributed by atoms with van der Waals surface area (Å²) in [7, 11) is 0. The number of halogens is 6. The van der Waals surface area contributed by atoms with E-state index in [9.17, 15) is 35.9 Å². The molecule has 0 saturated carbocycles. The van der Waals surface area contributed by atoms with Crippen LogP contribution in [0, 0.1) is 6.92 Å². The minimum atomic E-state index is -5.10. The van der Waals surface area contributed by atoms with Crippen LogP contribution >= 0.6 is 0 Å². The van der Waals surface area contributed by atoms with Gasteiger partial charge in [0.2, 0.25) is 0 Å². The summed E-state index contributed by atoms with van der Waals surface area (Å²) in [5, 5.41) is 15.4. The van der Waals surface area contributed by atoms with Crippen LogP contribution in [0.5, 0.6) is 0 Å². The van der Waals surface area contributed by atoms with Crippen LogP contribution < -0.4 is 5.32 Å². The first-order valence-corrected chi connectivity index (χ1v) is 9.40. The molecule has 1 amide bonds. The van der Waals surface area contributed by atoms with Gasteiger partial charge >= 0.3 is 18.3 Å². The number of benzene rings is 1. The minimum absolute atomic E-state index is 0.0597. The molecule has 2 heterocycles. The van der Waals surface area contributed by atoms with Crippen molar-refractivity contribution in [1.82, 2.24) is 25.1 Å². The zero-order valence-electron chi connectivity index (χ0n) is 17.4. The fourth-order valence-corrected chi connectivity index (χ4v) is 2.95. The monoisotopic (exact) mass is 487 g/mol. The summed E-state index contributed by atoms with van der Waals surface area (Å²) >= 11 is 0. The molecule has 0 aliphatic heterocycles. The maximum Gasteiger partial charge on any atom is 0.416 e. The third kappa shape index (κ3) is 5.32. The van der Waals surface area contributed by atoms with E-state index in [4.69, 9.17) is 5.11 Å². The number of carbonyl (C=O) groups is 2. The molecule has 0 aliphatic rings. The molecule has 2 N–H and O–H groups in total. The maximum absolute atomic E-state index is 13.1. The topological polar surface area (TPSA) is 110 Å². The average Bonchev–Trinajstić information content (AvgIpc) is 3.14. The molecule has 0 bridgehead atoms. The van der Waals surface area contributed by atoms with E-state index in [0.29, 0.717) is 12.1 Å². The van der Waals surface area contributed by atoms with Crippen LogP contribution in [0.2, 0.25) is 0 Å². The van der Waals surface area contributed by atoms with Crippen molar-refractivity contribution in [1.29, 1.82) is 0 Å². The molecule has 1 aromatic carbocycles. The highest BCUT2D eigenvalue weighted by atomic mass is 19.4. The largest absolute Gasteiger partial charge is 0.478 e. The van der Waals surface area contributed by atoms with Crippen molar-refractivity contribution < 1.29 is 41.0 Å². The predicted octanol–water partition coefficient (Wildman–Crippen LogP) is 4.20. The molecule has 14 heteroatoms. The summed E-state index contributed by atoms with van der Waals surface area (Å²) in [5.74, 6) is -2.01. The molecule has 2 aromatic heterocycles. The molecule has 3 rings (SSSR count). The van der Waals surface area contributed by atoms with Crippen molar-refractivity contribution in [2.75, 3.05) is 0 Å². The summed E-state index contributed by atoms with van der Waals surface area (Å²) < 4.78 is 79.7. The molecule has 1 unspecified atom stereocenters. The van der Waals surface area contributed by atoms with Gasteiger partial charge in [0.25, 0.3) is 5.91 Å². The zero-order valence-corrected chi connectivity index (χ0v) is 17.4. The number of aromatic carboxylic acids is 1. The van der Waals surface area contributed by atoms with Crippen LogP contribution in [-0.2, 0) is 12.4 Å². The molecule has 0 saturated heterocycles. The number of aryl methyl sites for hydroxylation is 1. The van der Waals surface area contributed by atoms with Crippen LogP contribution in [0.25, 0.3) is 5.82 Å². The highest BCUT2D eigenvalue weighted by molar-refractivity contribution is 5.95. The number of amides is 1. The fourth-order valence-electron chi connectivity index (χ4n) is 2.95. The molecule has 1 atom stereocenters. The Morgan fingerprint density at radius 1 is 1.00 bits per heavy atom. The number of pyridine rings is 1. The summed E-state index contributed by atoms with van der Waals surface area (Å²) in [5.41, 5.74) is -4.20. The second kappa shape index (κ2) is 8.76. The van der Waals surface area contributed by atoms with Gasteiger partial charge in [-0.1, -0.05) is 0 Å². The zero-order chi connectivity index (χ0) is 25.4. The summed E-state index contributed by atoms with van der Waals surface area (Å²) in [4.78, 5) is 31.7. The highest BCUT2D eigenvalue weighted by Gasteiger charge is 2.37. The van der Waals surface area contributed by atoms with E-state index < -0.39 is 47.0 Å². The second-order valence-corrected chi connectivity index (χ2v) is 7.13. The van der Waals surface area contributed by atoms with Gasteiger partial charge < -0.3 is 10.4 Å². The van der Waals surface area contributed by atoms with Gasteiger partial charge in [-0.25, -0.2) is 14.8 Å².